The molecule has 0 aromatic rings. The average Bonchev–Trinajstić information content (AvgIpc) is 3.49. The van der Waals surface area contributed by atoms with Crippen molar-refractivity contribution in [2.24, 2.45) is 23.2 Å². The first-order chi connectivity index (χ1) is 14.5. The highest BCUT2D eigenvalue weighted by atomic mass is 16.7. The molecule has 1 N–H and O–H groups in total. The maximum absolute atomic E-state index is 12.0. The molecular weight excluding hydrogens is 380 g/mol. The second-order valence-electron chi connectivity index (χ2n) is 10.8. The van der Waals surface area contributed by atoms with Crippen LogP contribution in [0.3, 0.4) is 0 Å². The van der Waals surface area contributed by atoms with E-state index in [4.69, 9.17) is 18.9 Å². The van der Waals surface area contributed by atoms with Crippen LogP contribution in [0.25, 0.3) is 0 Å². The van der Waals surface area contributed by atoms with Crippen LogP contribution >= 0.6 is 0 Å². The Morgan fingerprint density at radius 2 is 1.73 bits per heavy atom. The van der Waals surface area contributed by atoms with Gasteiger partial charge in [0, 0.05) is 11.3 Å². The van der Waals surface area contributed by atoms with Crippen LogP contribution in [0.1, 0.15) is 65.2 Å². The van der Waals surface area contributed by atoms with Gasteiger partial charge in [-0.3, -0.25) is 0 Å². The zero-order chi connectivity index (χ0) is 20.6. The van der Waals surface area contributed by atoms with E-state index in [9.17, 15) is 5.11 Å². The molecule has 0 radical (unpaired) electrons. The van der Waals surface area contributed by atoms with E-state index in [0.717, 1.165) is 45.3 Å². The molecule has 0 aromatic heterocycles. The van der Waals surface area contributed by atoms with Crippen molar-refractivity contribution in [3.63, 3.8) is 0 Å². The van der Waals surface area contributed by atoms with Crippen molar-refractivity contribution in [1.29, 1.82) is 0 Å². The summed E-state index contributed by atoms with van der Waals surface area (Å²) in [5.41, 5.74) is 3.78. The van der Waals surface area contributed by atoms with Crippen molar-refractivity contribution >= 4 is 0 Å². The lowest BCUT2D eigenvalue weighted by Crippen LogP contribution is -2.62. The van der Waals surface area contributed by atoms with E-state index in [2.05, 4.69) is 13.0 Å². The Balaban J connectivity index is 1.29. The smallest absolute Gasteiger partial charge is 0.195 e. The van der Waals surface area contributed by atoms with Crippen molar-refractivity contribution in [1.82, 2.24) is 0 Å². The highest BCUT2D eigenvalue weighted by Gasteiger charge is 2.68. The molecule has 166 valence electrons. The molecule has 0 spiro atoms. The zero-order valence-corrected chi connectivity index (χ0v) is 18.5. The van der Waals surface area contributed by atoms with E-state index < -0.39 is 11.4 Å². The van der Waals surface area contributed by atoms with Gasteiger partial charge in [0.2, 0.25) is 0 Å². The lowest BCUT2D eigenvalue weighted by atomic mass is 9.55. The van der Waals surface area contributed by atoms with Gasteiger partial charge in [-0.05, 0) is 81.3 Å². The molecular formula is C25H36O5. The van der Waals surface area contributed by atoms with E-state index in [1.165, 1.54) is 19.3 Å². The van der Waals surface area contributed by atoms with Crippen molar-refractivity contribution in [2.45, 2.75) is 82.9 Å². The fraction of sp³-hybridized carbons (Fsp3) is 0.840. The predicted octanol–water partition coefficient (Wildman–Crippen LogP) is 4.11. The molecule has 2 aliphatic heterocycles. The fourth-order valence-electron chi connectivity index (χ4n) is 7.99. The zero-order valence-electron chi connectivity index (χ0n) is 18.5. The molecule has 2 heterocycles. The molecule has 30 heavy (non-hydrogen) atoms. The summed E-state index contributed by atoms with van der Waals surface area (Å²) in [5, 5.41) is 12.0. The highest BCUT2D eigenvalue weighted by molar-refractivity contribution is 5.44. The summed E-state index contributed by atoms with van der Waals surface area (Å²) in [7, 11) is 0. The molecule has 2 saturated heterocycles. The molecule has 0 aromatic carbocycles. The fourth-order valence-corrected chi connectivity index (χ4v) is 7.99. The molecule has 1 saturated carbocycles. The topological polar surface area (TPSA) is 57.2 Å². The first-order valence-corrected chi connectivity index (χ1v) is 12.1. The van der Waals surface area contributed by atoms with Crippen molar-refractivity contribution in [2.75, 3.05) is 26.4 Å². The molecule has 0 bridgehead atoms. The summed E-state index contributed by atoms with van der Waals surface area (Å²) in [5.74, 6) is 0.711. The van der Waals surface area contributed by atoms with Crippen LogP contribution in [0.15, 0.2) is 22.8 Å². The Hall–Kier alpha value is -0.720. The number of hydrogen-bond acceptors (Lipinski definition) is 5. The second kappa shape index (κ2) is 6.89. The molecule has 5 atom stereocenters. The van der Waals surface area contributed by atoms with E-state index in [-0.39, 0.29) is 11.7 Å². The van der Waals surface area contributed by atoms with E-state index in [1.54, 1.807) is 16.7 Å². The van der Waals surface area contributed by atoms with Gasteiger partial charge in [-0.25, -0.2) is 0 Å². The second-order valence-corrected chi connectivity index (χ2v) is 10.8. The van der Waals surface area contributed by atoms with E-state index in [1.807, 2.05) is 6.92 Å². The largest absolute Gasteiger partial charge is 0.384 e. The third-order valence-electron chi connectivity index (χ3n) is 9.64. The van der Waals surface area contributed by atoms with Crippen LogP contribution in [0.2, 0.25) is 0 Å². The number of ether oxygens (including phenoxy) is 4. The van der Waals surface area contributed by atoms with Crippen LogP contribution in [0.4, 0.5) is 0 Å². The third-order valence-corrected chi connectivity index (χ3v) is 9.64. The Kier molecular flexibility index (Phi) is 4.57. The number of aliphatic hydroxyl groups is 1. The van der Waals surface area contributed by atoms with Crippen molar-refractivity contribution < 1.29 is 24.1 Å². The van der Waals surface area contributed by atoms with Crippen LogP contribution in [-0.4, -0.2) is 49.2 Å². The van der Waals surface area contributed by atoms with Crippen molar-refractivity contribution in [3.8, 4) is 0 Å². The monoisotopic (exact) mass is 416 g/mol. The average molecular weight is 417 g/mol. The lowest BCUT2D eigenvalue weighted by molar-refractivity contribution is -0.293. The normalized spacial score (nSPS) is 45.8. The Morgan fingerprint density at radius 1 is 0.967 bits per heavy atom. The van der Waals surface area contributed by atoms with Gasteiger partial charge in [-0.2, -0.15) is 0 Å². The minimum Gasteiger partial charge on any atom is -0.384 e. The van der Waals surface area contributed by atoms with Gasteiger partial charge in [-0.15, -0.1) is 0 Å². The molecule has 3 fully saturated rings. The van der Waals surface area contributed by atoms with E-state index >= 15 is 0 Å². The summed E-state index contributed by atoms with van der Waals surface area (Å²) in [6.07, 6.45) is 11.1. The summed E-state index contributed by atoms with van der Waals surface area (Å²) < 4.78 is 23.6. The lowest BCUT2D eigenvalue weighted by Gasteiger charge is -2.54. The summed E-state index contributed by atoms with van der Waals surface area (Å²) in [6.45, 7) is 6.91. The van der Waals surface area contributed by atoms with Crippen LogP contribution in [0, 0.1) is 23.2 Å². The molecule has 5 heteroatoms. The van der Waals surface area contributed by atoms with Gasteiger partial charge in [0.25, 0.3) is 0 Å². The Bertz CT molecular complexity index is 774. The number of rotatable bonds is 2. The molecule has 3 unspecified atom stereocenters. The highest BCUT2D eigenvalue weighted by Crippen LogP contribution is 2.65. The summed E-state index contributed by atoms with van der Waals surface area (Å²) in [6, 6.07) is 0. The van der Waals surface area contributed by atoms with Gasteiger partial charge >= 0.3 is 0 Å². The Labute approximate surface area is 179 Å². The van der Waals surface area contributed by atoms with E-state index in [0.29, 0.717) is 31.0 Å². The quantitative estimate of drug-likeness (QED) is 0.734. The van der Waals surface area contributed by atoms with Gasteiger partial charge in [-0.1, -0.05) is 18.6 Å². The maximum atomic E-state index is 12.0. The molecule has 5 nitrogen and oxygen atoms in total. The van der Waals surface area contributed by atoms with Gasteiger partial charge in [0.1, 0.15) is 5.60 Å². The van der Waals surface area contributed by atoms with Crippen molar-refractivity contribution in [3.05, 3.63) is 22.8 Å². The first kappa shape index (κ1) is 19.9. The molecule has 6 rings (SSSR count). The van der Waals surface area contributed by atoms with Crippen LogP contribution in [-0.2, 0) is 18.9 Å². The van der Waals surface area contributed by atoms with Gasteiger partial charge in [0.15, 0.2) is 12.1 Å². The summed E-state index contributed by atoms with van der Waals surface area (Å²) in [4.78, 5) is 0. The standard InChI is InChI=1S/C25H36O5/c1-23-9-7-19-18-5-4-17(22-27-11-12-28-22)15-16(18)3-6-20(19)21(23)8-10-25(23,26)24(2)29-13-14-30-24/h7,17,20-22,26H,3-6,8-15H2,1-2H3/t17?,20?,21?,23-,25+/m0/s1. The SMILES string of the molecule is CC1([C@@]2(O)CCC3C4CCC5=C(CCC(C6OCCO6)C5)C4=CC[C@@]32C)OCCO1. The molecule has 6 aliphatic rings. The Morgan fingerprint density at radius 3 is 2.50 bits per heavy atom. The number of allylic oxidation sites excluding steroid dienone is 4. The number of hydrogen-bond donors (Lipinski definition) is 1. The molecule has 0 amide bonds. The predicted molar refractivity (Wildman–Crippen MR) is 112 cm³/mol. The van der Waals surface area contributed by atoms with Crippen LogP contribution in [0.5, 0.6) is 0 Å². The minimum absolute atomic E-state index is 0.0115. The van der Waals surface area contributed by atoms with Gasteiger partial charge < -0.3 is 24.1 Å². The molecule has 4 aliphatic carbocycles. The third kappa shape index (κ3) is 2.59. The minimum atomic E-state index is -0.924. The number of fused-ring (bicyclic) bond motifs is 4. The maximum Gasteiger partial charge on any atom is 0.195 e. The summed E-state index contributed by atoms with van der Waals surface area (Å²) >= 11 is 0. The van der Waals surface area contributed by atoms with Gasteiger partial charge in [0.05, 0.1) is 26.4 Å². The van der Waals surface area contributed by atoms with Crippen LogP contribution < -0.4 is 0 Å². The first-order valence-electron chi connectivity index (χ1n) is 12.1.